The molecule has 1 aliphatic carbocycles. The molecule has 5 nitrogen and oxygen atoms in total. The summed E-state index contributed by atoms with van der Waals surface area (Å²) in [5, 5.41) is 3.02. The summed E-state index contributed by atoms with van der Waals surface area (Å²) in [5.74, 6) is 1.08. The van der Waals surface area contributed by atoms with Crippen LogP contribution in [0.5, 0.6) is 5.75 Å². The van der Waals surface area contributed by atoms with Gasteiger partial charge in [0.15, 0.2) is 0 Å². The largest absolute Gasteiger partial charge is 0.492 e. The maximum atomic E-state index is 12.7. The zero-order valence-electron chi connectivity index (χ0n) is 16.9. The number of nitrogens with one attached hydrogen (secondary N) is 1. The van der Waals surface area contributed by atoms with Crippen LogP contribution in [0.2, 0.25) is 0 Å². The van der Waals surface area contributed by atoms with Crippen molar-refractivity contribution in [1.82, 2.24) is 10.2 Å². The number of likely N-dealkylation sites (tertiary alicyclic amines) is 1. The van der Waals surface area contributed by atoms with Gasteiger partial charge in [0.05, 0.1) is 12.2 Å². The summed E-state index contributed by atoms with van der Waals surface area (Å²) in [7, 11) is 0. The molecule has 0 radical (unpaired) electrons. The molecule has 2 amide bonds. The Morgan fingerprint density at radius 3 is 2.52 bits per heavy atom. The van der Waals surface area contributed by atoms with Crippen LogP contribution in [0, 0.1) is 12.8 Å². The molecule has 29 heavy (non-hydrogen) atoms. The summed E-state index contributed by atoms with van der Waals surface area (Å²) < 4.78 is 6.03. The highest BCUT2D eigenvalue weighted by molar-refractivity contribution is 5.97. The second-order valence-corrected chi connectivity index (χ2v) is 8.16. The van der Waals surface area contributed by atoms with Gasteiger partial charge < -0.3 is 15.0 Å². The van der Waals surface area contributed by atoms with E-state index in [0.717, 1.165) is 49.9 Å². The molecule has 1 saturated carbocycles. The molecule has 4 rings (SSSR count). The predicted octanol–water partition coefficient (Wildman–Crippen LogP) is 3.82. The Morgan fingerprint density at radius 1 is 1.03 bits per heavy atom. The van der Waals surface area contributed by atoms with Crippen molar-refractivity contribution in [3.8, 4) is 5.75 Å². The minimum atomic E-state index is -0.0540. The third-order valence-corrected chi connectivity index (χ3v) is 5.69. The number of nitrogens with zero attached hydrogens (tertiary/aromatic N) is 1. The number of benzene rings is 2. The van der Waals surface area contributed by atoms with Gasteiger partial charge in [-0.2, -0.15) is 0 Å². The minimum absolute atomic E-state index is 0.0540. The van der Waals surface area contributed by atoms with Crippen LogP contribution in [-0.2, 0) is 0 Å². The summed E-state index contributed by atoms with van der Waals surface area (Å²) in [6.45, 7) is 4.05. The van der Waals surface area contributed by atoms with E-state index in [0.29, 0.717) is 29.9 Å². The number of piperidine rings is 1. The van der Waals surface area contributed by atoms with Gasteiger partial charge in [0.25, 0.3) is 11.8 Å². The Balaban J connectivity index is 1.29. The molecule has 0 aromatic heterocycles. The summed E-state index contributed by atoms with van der Waals surface area (Å²) in [6.07, 6.45) is 3.95. The van der Waals surface area contributed by atoms with Gasteiger partial charge in [-0.25, -0.2) is 0 Å². The fourth-order valence-electron chi connectivity index (χ4n) is 3.74. The van der Waals surface area contributed by atoms with Gasteiger partial charge in [0.1, 0.15) is 5.75 Å². The molecule has 0 spiro atoms. The Morgan fingerprint density at radius 2 is 1.79 bits per heavy atom. The van der Waals surface area contributed by atoms with Crippen LogP contribution < -0.4 is 10.1 Å². The first kappa shape index (κ1) is 19.5. The zero-order valence-corrected chi connectivity index (χ0v) is 16.9. The number of hydrogen-bond acceptors (Lipinski definition) is 3. The highest BCUT2D eigenvalue weighted by Gasteiger charge is 2.26. The van der Waals surface area contributed by atoms with Crippen LogP contribution >= 0.6 is 0 Å². The number of carbonyl (C=O) groups is 2. The average Bonchev–Trinajstić information content (AvgIpc) is 3.56. The number of rotatable bonds is 6. The molecule has 1 N–H and O–H groups in total. The number of para-hydroxylation sites is 1. The normalized spacial score (nSPS) is 17.1. The lowest BCUT2D eigenvalue weighted by atomic mass is 9.97. The molecule has 5 heteroatoms. The van der Waals surface area contributed by atoms with Crippen LogP contribution in [0.4, 0.5) is 0 Å². The van der Waals surface area contributed by atoms with Crippen molar-refractivity contribution in [3.63, 3.8) is 0 Å². The molecule has 0 unspecified atom stereocenters. The fraction of sp³-hybridized carbons (Fsp3) is 0.417. The average molecular weight is 392 g/mol. The van der Waals surface area contributed by atoms with Crippen molar-refractivity contribution in [3.05, 3.63) is 65.2 Å². The molecule has 152 valence electrons. The quantitative estimate of drug-likeness (QED) is 0.813. The van der Waals surface area contributed by atoms with Crippen molar-refractivity contribution in [2.45, 2.75) is 38.6 Å². The standard InChI is InChI=1S/C24H28N2O3/c1-17-5-4-6-19(15-17)24(28)26-13-11-18(12-14-26)16-29-22-8-3-2-7-21(22)23(27)25-20-9-10-20/h2-8,15,18,20H,9-14,16H2,1H3,(H,25,27). The Labute approximate surface area is 172 Å². The van der Waals surface area contributed by atoms with Crippen LogP contribution in [0.3, 0.4) is 0 Å². The molecule has 1 heterocycles. The lowest BCUT2D eigenvalue weighted by Gasteiger charge is -2.32. The van der Waals surface area contributed by atoms with E-state index < -0.39 is 0 Å². The maximum Gasteiger partial charge on any atom is 0.255 e. The van der Waals surface area contributed by atoms with Crippen LogP contribution in [-0.4, -0.2) is 42.5 Å². The van der Waals surface area contributed by atoms with Gasteiger partial charge in [0.2, 0.25) is 0 Å². The fourth-order valence-corrected chi connectivity index (χ4v) is 3.74. The van der Waals surface area contributed by atoms with E-state index in [1.165, 1.54) is 0 Å². The summed E-state index contributed by atoms with van der Waals surface area (Å²) in [6, 6.07) is 15.5. The van der Waals surface area contributed by atoms with Crippen molar-refractivity contribution in [1.29, 1.82) is 0 Å². The topological polar surface area (TPSA) is 58.6 Å². The molecule has 0 bridgehead atoms. The van der Waals surface area contributed by atoms with Crippen molar-refractivity contribution in [2.75, 3.05) is 19.7 Å². The van der Waals surface area contributed by atoms with Crippen molar-refractivity contribution >= 4 is 11.8 Å². The SMILES string of the molecule is Cc1cccc(C(=O)N2CCC(COc3ccccc3C(=O)NC3CC3)CC2)c1. The molecule has 2 fully saturated rings. The molecule has 0 atom stereocenters. The van der Waals surface area contributed by atoms with E-state index in [1.807, 2.05) is 60.4 Å². The first-order valence-corrected chi connectivity index (χ1v) is 10.5. The van der Waals surface area contributed by atoms with Gasteiger partial charge in [0, 0.05) is 24.7 Å². The Kier molecular flexibility index (Phi) is 5.84. The number of carbonyl (C=O) groups excluding carboxylic acids is 2. The summed E-state index contributed by atoms with van der Waals surface area (Å²) in [4.78, 5) is 27.0. The first-order valence-electron chi connectivity index (χ1n) is 10.5. The second kappa shape index (κ2) is 8.68. The lowest BCUT2D eigenvalue weighted by molar-refractivity contribution is 0.0659. The van der Waals surface area contributed by atoms with Crippen LogP contribution in [0.1, 0.15) is 52.0 Å². The molecular weight excluding hydrogens is 364 g/mol. The van der Waals surface area contributed by atoms with Crippen LogP contribution in [0.25, 0.3) is 0 Å². The molecule has 2 aromatic carbocycles. The molecule has 1 saturated heterocycles. The number of hydrogen-bond donors (Lipinski definition) is 1. The number of amides is 2. The lowest BCUT2D eigenvalue weighted by Crippen LogP contribution is -2.39. The summed E-state index contributed by atoms with van der Waals surface area (Å²) in [5.41, 5.74) is 2.46. The van der Waals surface area contributed by atoms with E-state index in [-0.39, 0.29) is 11.8 Å². The number of aryl methyl sites for hydroxylation is 1. The van der Waals surface area contributed by atoms with Crippen molar-refractivity contribution in [2.24, 2.45) is 5.92 Å². The summed E-state index contributed by atoms with van der Waals surface area (Å²) >= 11 is 0. The van der Waals surface area contributed by atoms with E-state index in [4.69, 9.17) is 4.74 Å². The van der Waals surface area contributed by atoms with E-state index in [2.05, 4.69) is 5.32 Å². The van der Waals surface area contributed by atoms with Gasteiger partial charge in [-0.1, -0.05) is 29.8 Å². The highest BCUT2D eigenvalue weighted by atomic mass is 16.5. The molecule has 1 aliphatic heterocycles. The zero-order chi connectivity index (χ0) is 20.2. The Hall–Kier alpha value is -2.82. The highest BCUT2D eigenvalue weighted by Crippen LogP contribution is 2.25. The molecule has 2 aromatic rings. The van der Waals surface area contributed by atoms with Gasteiger partial charge in [-0.3, -0.25) is 9.59 Å². The maximum absolute atomic E-state index is 12.7. The second-order valence-electron chi connectivity index (χ2n) is 8.16. The molecular formula is C24H28N2O3. The van der Waals surface area contributed by atoms with Gasteiger partial charge >= 0.3 is 0 Å². The van der Waals surface area contributed by atoms with E-state index in [9.17, 15) is 9.59 Å². The van der Waals surface area contributed by atoms with Gasteiger partial charge in [-0.15, -0.1) is 0 Å². The third-order valence-electron chi connectivity index (χ3n) is 5.69. The van der Waals surface area contributed by atoms with Crippen molar-refractivity contribution < 1.29 is 14.3 Å². The van der Waals surface area contributed by atoms with E-state index in [1.54, 1.807) is 0 Å². The van der Waals surface area contributed by atoms with E-state index >= 15 is 0 Å². The Bertz CT molecular complexity index is 883. The van der Waals surface area contributed by atoms with Gasteiger partial charge in [-0.05, 0) is 62.8 Å². The first-order chi connectivity index (χ1) is 14.1. The molecule has 2 aliphatic rings. The minimum Gasteiger partial charge on any atom is -0.492 e. The number of ether oxygens (including phenoxy) is 1. The third kappa shape index (κ3) is 4.97. The van der Waals surface area contributed by atoms with Crippen LogP contribution in [0.15, 0.2) is 48.5 Å². The smallest absolute Gasteiger partial charge is 0.255 e. The monoisotopic (exact) mass is 392 g/mol. The predicted molar refractivity (Wildman–Crippen MR) is 112 cm³/mol.